The molecule has 0 aliphatic carbocycles. The number of ketones is 1. The summed E-state index contributed by atoms with van der Waals surface area (Å²) in [5.41, 5.74) is -0.114. The van der Waals surface area contributed by atoms with Gasteiger partial charge in [-0.05, 0) is 52.0 Å². The Kier molecular flexibility index (Phi) is 11.8. The first-order valence-corrected chi connectivity index (χ1v) is 9.32. The highest BCUT2D eigenvalue weighted by Gasteiger charge is 2.30. The first-order valence-electron chi connectivity index (χ1n) is 9.32. The molecule has 0 bridgehead atoms. The number of hydrogen-bond acceptors (Lipinski definition) is 4. The van der Waals surface area contributed by atoms with Crippen molar-refractivity contribution in [2.24, 2.45) is 0 Å². The summed E-state index contributed by atoms with van der Waals surface area (Å²) in [4.78, 5) is 11.0. The van der Waals surface area contributed by atoms with Gasteiger partial charge >= 0.3 is 0 Å². The van der Waals surface area contributed by atoms with E-state index >= 15 is 0 Å². The Balaban J connectivity index is 4.34. The topological polar surface area (TPSA) is 47.6 Å². The van der Waals surface area contributed by atoms with E-state index in [-0.39, 0.29) is 17.0 Å². The maximum atomic E-state index is 11.0. The molecule has 0 aromatic heterocycles. The van der Waals surface area contributed by atoms with Crippen LogP contribution in [0.1, 0.15) is 79.6 Å². The number of hydrogen-bond donors (Lipinski definition) is 1. The van der Waals surface area contributed by atoms with E-state index in [9.17, 15) is 4.79 Å². The second-order valence-electron chi connectivity index (χ2n) is 6.53. The molecular formula is C19H39NO3. The van der Waals surface area contributed by atoms with Crippen molar-refractivity contribution in [3.8, 4) is 0 Å². The fourth-order valence-electron chi connectivity index (χ4n) is 3.03. The summed E-state index contributed by atoms with van der Waals surface area (Å²) in [5, 5.41) is 3.36. The molecule has 0 unspecified atom stereocenters. The summed E-state index contributed by atoms with van der Waals surface area (Å²) in [6.07, 6.45) is 6.58. The van der Waals surface area contributed by atoms with E-state index in [4.69, 9.17) is 9.47 Å². The molecule has 0 amide bonds. The van der Waals surface area contributed by atoms with Crippen LogP contribution in [-0.4, -0.2) is 43.8 Å². The fourth-order valence-corrected chi connectivity index (χ4v) is 3.03. The van der Waals surface area contributed by atoms with Crippen LogP contribution in [0.5, 0.6) is 0 Å². The Bertz CT molecular complexity index is 301. The van der Waals surface area contributed by atoms with E-state index in [1.807, 2.05) is 0 Å². The van der Waals surface area contributed by atoms with E-state index < -0.39 is 0 Å². The van der Waals surface area contributed by atoms with Crippen LogP contribution in [0.3, 0.4) is 0 Å². The lowest BCUT2D eigenvalue weighted by Gasteiger charge is -2.35. The molecule has 0 rings (SSSR count). The number of Topliss-reactive ketones (excluding diaryl/α,β-unsaturated/α-hetero) is 1. The van der Waals surface area contributed by atoms with Crippen LogP contribution >= 0.6 is 0 Å². The molecule has 4 nitrogen and oxygen atoms in total. The summed E-state index contributed by atoms with van der Waals surface area (Å²) in [6, 6.07) is 0. The molecule has 23 heavy (non-hydrogen) atoms. The van der Waals surface area contributed by atoms with E-state index in [1.165, 1.54) is 0 Å². The summed E-state index contributed by atoms with van der Waals surface area (Å²) in [6.45, 7) is 12.8. The van der Waals surface area contributed by atoms with Crippen molar-refractivity contribution < 1.29 is 14.3 Å². The summed E-state index contributed by atoms with van der Waals surface area (Å²) in [5.74, 6) is 0.237. The second-order valence-corrected chi connectivity index (χ2v) is 6.53. The first kappa shape index (κ1) is 22.6. The molecule has 0 aliphatic rings. The number of methoxy groups -OCH3 is 1. The minimum Gasteiger partial charge on any atom is -0.378 e. The van der Waals surface area contributed by atoms with E-state index in [0.29, 0.717) is 6.42 Å². The third-order valence-corrected chi connectivity index (χ3v) is 5.39. The summed E-state index contributed by atoms with van der Waals surface area (Å²) in [7, 11) is 1.80. The minimum absolute atomic E-state index is 0.0487. The van der Waals surface area contributed by atoms with Gasteiger partial charge in [0.05, 0.1) is 17.8 Å². The molecule has 0 fully saturated rings. The Hall–Kier alpha value is -0.450. The second kappa shape index (κ2) is 12.0. The van der Waals surface area contributed by atoms with Crippen LogP contribution in [0, 0.1) is 0 Å². The van der Waals surface area contributed by atoms with Crippen LogP contribution in [0.2, 0.25) is 0 Å². The molecule has 4 heteroatoms. The van der Waals surface area contributed by atoms with Crippen molar-refractivity contribution in [2.75, 3.05) is 26.8 Å². The van der Waals surface area contributed by atoms with E-state index in [2.05, 4.69) is 33.0 Å². The molecule has 0 aliphatic heterocycles. The molecule has 0 aromatic rings. The van der Waals surface area contributed by atoms with Crippen molar-refractivity contribution in [1.29, 1.82) is 0 Å². The van der Waals surface area contributed by atoms with E-state index in [1.54, 1.807) is 14.0 Å². The average Bonchev–Trinajstić information content (AvgIpc) is 2.57. The minimum atomic E-state index is -0.0653. The molecule has 0 saturated heterocycles. The van der Waals surface area contributed by atoms with Gasteiger partial charge in [0, 0.05) is 20.1 Å². The van der Waals surface area contributed by atoms with Gasteiger partial charge in [-0.15, -0.1) is 0 Å². The Labute approximate surface area is 143 Å². The summed E-state index contributed by atoms with van der Waals surface area (Å²) >= 11 is 0. The monoisotopic (exact) mass is 329 g/mol. The molecule has 0 aromatic carbocycles. The molecule has 0 heterocycles. The van der Waals surface area contributed by atoms with Crippen LogP contribution in [0.25, 0.3) is 0 Å². The Morgan fingerprint density at radius 3 is 1.91 bits per heavy atom. The van der Waals surface area contributed by atoms with Crippen molar-refractivity contribution in [2.45, 2.75) is 90.8 Å². The standard InChI is InChI=1S/C19H39NO3/c1-7-18(8-2,22-6)13-16-23-19(9-3,10-4)12-15-20-14-11-17(5)21/h20H,7-16H2,1-6H3. The number of carbonyl (C=O) groups excluding carboxylic acids is 1. The van der Waals surface area contributed by atoms with Gasteiger partial charge in [0.25, 0.3) is 0 Å². The average molecular weight is 330 g/mol. The lowest BCUT2D eigenvalue weighted by atomic mass is 9.91. The van der Waals surface area contributed by atoms with Crippen LogP contribution < -0.4 is 5.32 Å². The Morgan fingerprint density at radius 2 is 1.48 bits per heavy atom. The molecule has 0 saturated carbocycles. The van der Waals surface area contributed by atoms with Crippen LogP contribution in [-0.2, 0) is 14.3 Å². The number of ether oxygens (including phenoxy) is 2. The number of nitrogens with one attached hydrogen (secondary N) is 1. The van der Waals surface area contributed by atoms with Gasteiger partial charge < -0.3 is 14.8 Å². The van der Waals surface area contributed by atoms with Gasteiger partial charge in [-0.3, -0.25) is 4.79 Å². The highest BCUT2D eigenvalue weighted by molar-refractivity contribution is 5.75. The van der Waals surface area contributed by atoms with Gasteiger partial charge in [0.15, 0.2) is 0 Å². The normalized spacial score (nSPS) is 12.6. The van der Waals surface area contributed by atoms with Gasteiger partial charge in [-0.1, -0.05) is 27.7 Å². The molecule has 0 radical (unpaired) electrons. The molecule has 0 atom stereocenters. The third kappa shape index (κ3) is 8.27. The maximum Gasteiger partial charge on any atom is 0.131 e. The SMILES string of the molecule is CCC(CC)(CCOC(CC)(CC)CCNCCC(C)=O)OC. The van der Waals surface area contributed by atoms with Crippen molar-refractivity contribution in [3.05, 3.63) is 0 Å². The van der Waals surface area contributed by atoms with Gasteiger partial charge in [-0.2, -0.15) is 0 Å². The summed E-state index contributed by atoms with van der Waals surface area (Å²) < 4.78 is 12.1. The zero-order chi connectivity index (χ0) is 17.8. The van der Waals surface area contributed by atoms with E-state index in [0.717, 1.165) is 58.2 Å². The highest BCUT2D eigenvalue weighted by atomic mass is 16.5. The Morgan fingerprint density at radius 1 is 0.913 bits per heavy atom. The smallest absolute Gasteiger partial charge is 0.131 e. The predicted octanol–water partition coefficient (Wildman–Crippen LogP) is 4.12. The first-order chi connectivity index (χ1) is 10.9. The lowest BCUT2D eigenvalue weighted by molar-refractivity contribution is -0.116. The zero-order valence-corrected chi connectivity index (χ0v) is 16.3. The molecule has 1 N–H and O–H groups in total. The quantitative estimate of drug-likeness (QED) is 0.459. The van der Waals surface area contributed by atoms with Crippen LogP contribution in [0.4, 0.5) is 0 Å². The van der Waals surface area contributed by atoms with Gasteiger partial charge in [0.1, 0.15) is 5.78 Å². The van der Waals surface area contributed by atoms with Gasteiger partial charge in [0.2, 0.25) is 0 Å². The third-order valence-electron chi connectivity index (χ3n) is 5.39. The maximum absolute atomic E-state index is 11.0. The number of carbonyl (C=O) groups is 1. The zero-order valence-electron chi connectivity index (χ0n) is 16.3. The lowest BCUT2D eigenvalue weighted by Crippen LogP contribution is -2.38. The van der Waals surface area contributed by atoms with Crippen molar-refractivity contribution in [3.63, 3.8) is 0 Å². The van der Waals surface area contributed by atoms with Crippen molar-refractivity contribution >= 4 is 5.78 Å². The number of rotatable bonds is 15. The van der Waals surface area contributed by atoms with Gasteiger partial charge in [-0.25, -0.2) is 0 Å². The highest BCUT2D eigenvalue weighted by Crippen LogP contribution is 2.28. The van der Waals surface area contributed by atoms with Crippen LogP contribution in [0.15, 0.2) is 0 Å². The fraction of sp³-hybridized carbons (Fsp3) is 0.947. The largest absolute Gasteiger partial charge is 0.378 e. The van der Waals surface area contributed by atoms with Crippen molar-refractivity contribution in [1.82, 2.24) is 5.32 Å². The molecule has 138 valence electrons. The molecule has 0 spiro atoms. The molecular weight excluding hydrogens is 290 g/mol. The predicted molar refractivity (Wildman–Crippen MR) is 97.0 cm³/mol.